The highest BCUT2D eigenvalue weighted by atomic mass is 35.5. The van der Waals surface area contributed by atoms with Crippen molar-refractivity contribution in [3.63, 3.8) is 0 Å². The lowest BCUT2D eigenvalue weighted by Crippen LogP contribution is -2.51. The van der Waals surface area contributed by atoms with Gasteiger partial charge in [0.1, 0.15) is 35.6 Å². The third kappa shape index (κ3) is 6.18. The molecule has 34 heavy (non-hydrogen) atoms. The van der Waals surface area contributed by atoms with E-state index in [-0.39, 0.29) is 29.3 Å². The number of carbonyl (C=O) groups is 1. The van der Waals surface area contributed by atoms with E-state index in [0.717, 1.165) is 18.2 Å². The molecule has 1 aliphatic rings. The Morgan fingerprint density at radius 1 is 1.24 bits per heavy atom. The molecule has 1 amide bonds. The van der Waals surface area contributed by atoms with Crippen LogP contribution in [0.2, 0.25) is 5.02 Å². The predicted molar refractivity (Wildman–Crippen MR) is 126 cm³/mol. The summed E-state index contributed by atoms with van der Waals surface area (Å²) in [5.74, 6) is 0.394. The number of nitrogens with zero attached hydrogens (tertiary/aromatic N) is 1. The molecule has 0 spiro atoms. The molecule has 0 radical (unpaired) electrons. The van der Waals surface area contributed by atoms with E-state index in [1.165, 1.54) is 12.1 Å². The second-order valence-corrected chi connectivity index (χ2v) is 8.57. The largest absolute Gasteiger partial charge is 0.497 e. The highest BCUT2D eigenvalue weighted by molar-refractivity contribution is 6.30. The number of amides is 1. The van der Waals surface area contributed by atoms with E-state index in [4.69, 9.17) is 25.5 Å². The summed E-state index contributed by atoms with van der Waals surface area (Å²) in [7, 11) is 1.59. The van der Waals surface area contributed by atoms with Gasteiger partial charge in [-0.25, -0.2) is 9.40 Å². The van der Waals surface area contributed by atoms with E-state index in [1.807, 2.05) is 11.1 Å². The van der Waals surface area contributed by atoms with Crippen LogP contribution in [0, 0.1) is 5.82 Å². The Bertz CT molecular complexity index is 1130. The van der Waals surface area contributed by atoms with Crippen LogP contribution in [0.5, 0.6) is 11.5 Å². The van der Waals surface area contributed by atoms with Crippen LogP contribution in [-0.2, 0) is 0 Å². The number of ether oxygens (including phenoxy) is 2. The maximum atomic E-state index is 13.5. The molecule has 3 aromatic rings. The Balaban J connectivity index is 1.17. The summed E-state index contributed by atoms with van der Waals surface area (Å²) in [4.78, 5) is 12.6. The summed E-state index contributed by atoms with van der Waals surface area (Å²) in [6.45, 7) is 1.70. The van der Waals surface area contributed by atoms with Crippen molar-refractivity contribution in [2.24, 2.45) is 0 Å². The number of carbonyl (C=O) groups excluding carboxylic acids is 1. The molecule has 1 aromatic heterocycles. The maximum Gasteiger partial charge on any atom is 0.301 e. The van der Waals surface area contributed by atoms with Crippen LogP contribution < -0.4 is 20.2 Å². The number of furan rings is 1. The fourth-order valence-electron chi connectivity index (χ4n) is 3.78. The van der Waals surface area contributed by atoms with E-state index in [1.54, 1.807) is 31.4 Å². The molecule has 3 N–H and O–H groups in total. The van der Waals surface area contributed by atoms with Crippen molar-refractivity contribution in [3.05, 3.63) is 59.1 Å². The fourth-order valence-corrected chi connectivity index (χ4v) is 3.89. The van der Waals surface area contributed by atoms with Gasteiger partial charge in [0.05, 0.1) is 12.1 Å². The average Bonchev–Trinajstić information content (AvgIpc) is 3.28. The molecule has 2 aromatic carbocycles. The van der Waals surface area contributed by atoms with E-state index >= 15 is 0 Å². The smallest absolute Gasteiger partial charge is 0.301 e. The van der Waals surface area contributed by atoms with Crippen LogP contribution in [0.3, 0.4) is 0 Å². The molecule has 0 saturated carbocycles. The highest BCUT2D eigenvalue weighted by Gasteiger charge is 2.22. The van der Waals surface area contributed by atoms with Gasteiger partial charge in [0.2, 0.25) is 0 Å². The first-order valence-electron chi connectivity index (χ1n) is 11.0. The van der Waals surface area contributed by atoms with Crippen LogP contribution in [0.25, 0.3) is 11.0 Å². The van der Waals surface area contributed by atoms with Gasteiger partial charge >= 0.3 is 5.91 Å². The van der Waals surface area contributed by atoms with Gasteiger partial charge in [-0.3, -0.25) is 10.2 Å². The average molecular weight is 492 g/mol. The van der Waals surface area contributed by atoms with Crippen LogP contribution in [0.4, 0.5) is 4.39 Å². The summed E-state index contributed by atoms with van der Waals surface area (Å²) in [5, 5.41) is 16.2. The Morgan fingerprint density at radius 3 is 2.74 bits per heavy atom. The van der Waals surface area contributed by atoms with Crippen LogP contribution in [-0.4, -0.2) is 61.5 Å². The van der Waals surface area contributed by atoms with E-state index in [9.17, 15) is 14.3 Å². The molecule has 1 aliphatic heterocycles. The first kappa shape index (κ1) is 24.3. The molecule has 1 fully saturated rings. The third-order valence-corrected chi connectivity index (χ3v) is 5.98. The van der Waals surface area contributed by atoms with Crippen LogP contribution >= 0.6 is 11.6 Å². The van der Waals surface area contributed by atoms with Gasteiger partial charge in [0.25, 0.3) is 0 Å². The summed E-state index contributed by atoms with van der Waals surface area (Å²) in [5.41, 5.74) is 3.51. The maximum absolute atomic E-state index is 13.5. The molecule has 0 aliphatic carbocycles. The minimum absolute atomic E-state index is 0.0235. The molecule has 1 saturated heterocycles. The number of methoxy groups -OCH3 is 1. The quantitative estimate of drug-likeness (QED) is 0.422. The summed E-state index contributed by atoms with van der Waals surface area (Å²) < 4.78 is 29.7. The molecule has 4 rings (SSSR count). The molecule has 1 atom stereocenters. The summed E-state index contributed by atoms with van der Waals surface area (Å²) in [6, 6.07) is 11.4. The molecule has 0 bridgehead atoms. The lowest BCUT2D eigenvalue weighted by molar-refractivity contribution is 0.0674. The van der Waals surface area contributed by atoms with Crippen molar-refractivity contribution in [3.8, 4) is 11.5 Å². The SMILES string of the molecule is COc1ccc2oc(C(=O)NN3CCC(NC[C@@H](O)COc4ccc(Cl)c(F)c4)CC3)cc2c1. The second-order valence-electron chi connectivity index (χ2n) is 8.17. The second kappa shape index (κ2) is 11.1. The molecule has 10 heteroatoms. The Morgan fingerprint density at radius 2 is 2.00 bits per heavy atom. The zero-order chi connectivity index (χ0) is 24.1. The zero-order valence-electron chi connectivity index (χ0n) is 18.7. The topological polar surface area (TPSA) is 96.2 Å². The number of hydrogen-bond donors (Lipinski definition) is 3. The van der Waals surface area contributed by atoms with Crippen LogP contribution in [0.1, 0.15) is 23.4 Å². The van der Waals surface area contributed by atoms with Gasteiger partial charge in [-0.2, -0.15) is 0 Å². The summed E-state index contributed by atoms with van der Waals surface area (Å²) >= 11 is 5.65. The number of aliphatic hydroxyl groups excluding tert-OH is 1. The third-order valence-electron chi connectivity index (χ3n) is 5.68. The Labute approximate surface area is 201 Å². The number of hydrogen-bond acceptors (Lipinski definition) is 7. The molecular weight excluding hydrogens is 465 g/mol. The van der Waals surface area contributed by atoms with Gasteiger partial charge < -0.3 is 24.3 Å². The van der Waals surface area contributed by atoms with E-state index in [2.05, 4.69) is 10.7 Å². The van der Waals surface area contributed by atoms with Gasteiger partial charge in [-0.1, -0.05) is 11.6 Å². The minimum Gasteiger partial charge on any atom is -0.497 e. The van der Waals surface area contributed by atoms with Crippen molar-refractivity contribution in [2.75, 3.05) is 33.4 Å². The lowest BCUT2D eigenvalue weighted by atomic mass is 10.1. The first-order valence-corrected chi connectivity index (χ1v) is 11.4. The number of hydrazine groups is 1. The number of aliphatic hydroxyl groups is 1. The Hall–Kier alpha value is -2.85. The van der Waals surface area contributed by atoms with Crippen LogP contribution in [0.15, 0.2) is 46.9 Å². The van der Waals surface area contributed by atoms with Crippen molar-refractivity contribution in [1.29, 1.82) is 0 Å². The number of rotatable bonds is 9. The lowest BCUT2D eigenvalue weighted by Gasteiger charge is -2.32. The predicted octanol–water partition coefficient (Wildman–Crippen LogP) is 3.37. The molecule has 2 heterocycles. The Kier molecular flexibility index (Phi) is 7.89. The van der Waals surface area contributed by atoms with Gasteiger partial charge in [0, 0.05) is 37.1 Å². The van der Waals surface area contributed by atoms with E-state index in [0.29, 0.717) is 36.7 Å². The number of benzene rings is 2. The van der Waals surface area contributed by atoms with Crippen molar-refractivity contribution in [1.82, 2.24) is 15.8 Å². The normalized spacial score (nSPS) is 15.9. The van der Waals surface area contributed by atoms with Crippen molar-refractivity contribution in [2.45, 2.75) is 25.0 Å². The highest BCUT2D eigenvalue weighted by Crippen LogP contribution is 2.24. The minimum atomic E-state index is -0.747. The molecule has 0 unspecified atom stereocenters. The molecule has 8 nitrogen and oxygen atoms in total. The van der Waals surface area contributed by atoms with Gasteiger partial charge in [0.15, 0.2) is 5.76 Å². The number of piperidine rings is 1. The number of fused-ring (bicyclic) bond motifs is 1. The van der Waals surface area contributed by atoms with Gasteiger partial charge in [-0.05, 0) is 49.2 Å². The molecular formula is C24H27ClFN3O5. The fraction of sp³-hybridized carbons (Fsp3) is 0.375. The van der Waals surface area contributed by atoms with E-state index < -0.39 is 11.9 Å². The molecule has 182 valence electrons. The monoisotopic (exact) mass is 491 g/mol. The van der Waals surface area contributed by atoms with Gasteiger partial charge in [-0.15, -0.1) is 0 Å². The first-order chi connectivity index (χ1) is 16.4. The van der Waals surface area contributed by atoms with Crippen molar-refractivity contribution < 1.29 is 28.2 Å². The standard InChI is InChI=1S/C24H27ClFN3O5/c1-32-18-3-5-22-15(10-18)11-23(34-22)24(31)28-29-8-6-16(7-9-29)27-13-17(30)14-33-19-2-4-20(25)21(26)12-19/h2-5,10-12,16-17,27,30H,6-9,13-14H2,1H3,(H,28,31)/t17-/m1/s1. The summed E-state index contributed by atoms with van der Waals surface area (Å²) in [6.07, 6.45) is 0.851. The number of nitrogens with one attached hydrogen (secondary N) is 2. The number of halogens is 2. The zero-order valence-corrected chi connectivity index (χ0v) is 19.5. The van der Waals surface area contributed by atoms with Crippen molar-refractivity contribution >= 4 is 28.5 Å².